The van der Waals surface area contributed by atoms with Gasteiger partial charge in [0.25, 0.3) is 10.0 Å². The summed E-state index contributed by atoms with van der Waals surface area (Å²) in [7, 11) is -4.17. The number of pyridine rings is 1. The van der Waals surface area contributed by atoms with E-state index in [1.807, 2.05) is 24.6 Å². The lowest BCUT2D eigenvalue weighted by Crippen LogP contribution is -2.29. The van der Waals surface area contributed by atoms with Gasteiger partial charge in [0.05, 0.1) is 16.5 Å². The number of aromatic nitrogens is 3. The summed E-state index contributed by atoms with van der Waals surface area (Å²) in [5, 5.41) is 4.81. The summed E-state index contributed by atoms with van der Waals surface area (Å²) < 4.78 is 54.0. The molecule has 210 valence electrons. The van der Waals surface area contributed by atoms with Gasteiger partial charge in [-0.25, -0.2) is 17.5 Å². The molecule has 4 aromatic rings. The molecule has 40 heavy (non-hydrogen) atoms. The topological polar surface area (TPSA) is 124 Å². The van der Waals surface area contributed by atoms with Crippen LogP contribution in [0, 0.1) is 5.82 Å². The SMILES string of the molecule is CCC(=O)NS(=O)(=O)c1ccc(-c2cccc3c(OC4CCC(c5nc(C(C)C)no5)CC4)ccnc23)c(F)c1. The minimum atomic E-state index is -4.17. The normalized spacial score (nSPS) is 17.7. The van der Waals surface area contributed by atoms with Gasteiger partial charge in [0.2, 0.25) is 11.8 Å². The number of rotatable bonds is 8. The first-order valence-electron chi connectivity index (χ1n) is 13.4. The van der Waals surface area contributed by atoms with Gasteiger partial charge in [-0.3, -0.25) is 9.78 Å². The van der Waals surface area contributed by atoms with Crippen LogP contribution >= 0.6 is 0 Å². The molecule has 0 aliphatic heterocycles. The smallest absolute Gasteiger partial charge is 0.264 e. The molecule has 0 saturated heterocycles. The maximum absolute atomic E-state index is 15.3. The van der Waals surface area contributed by atoms with Crippen LogP contribution in [-0.4, -0.2) is 35.6 Å². The van der Waals surface area contributed by atoms with Crippen molar-refractivity contribution >= 4 is 26.8 Å². The Hall–Kier alpha value is -3.86. The average molecular weight is 567 g/mol. The van der Waals surface area contributed by atoms with Crippen LogP contribution in [-0.2, 0) is 14.8 Å². The molecule has 11 heteroatoms. The van der Waals surface area contributed by atoms with E-state index in [1.165, 1.54) is 19.1 Å². The molecule has 2 aromatic heterocycles. The molecule has 1 N–H and O–H groups in total. The van der Waals surface area contributed by atoms with Crippen LogP contribution in [0.3, 0.4) is 0 Å². The molecule has 9 nitrogen and oxygen atoms in total. The maximum Gasteiger partial charge on any atom is 0.264 e. The summed E-state index contributed by atoms with van der Waals surface area (Å²) in [6, 6.07) is 10.7. The van der Waals surface area contributed by atoms with Crippen molar-refractivity contribution in [2.45, 2.75) is 75.7 Å². The zero-order valence-corrected chi connectivity index (χ0v) is 23.4. The molecule has 0 atom stereocenters. The van der Waals surface area contributed by atoms with Gasteiger partial charge in [0.1, 0.15) is 11.6 Å². The standard InChI is InChI=1S/C29H31FN4O5S/c1-4-26(35)34-40(36,37)20-12-13-21(24(30)16-20)22-6-5-7-23-25(14-15-31-27(22)23)38-19-10-8-18(9-11-19)29-32-28(17(2)3)33-39-29/h5-7,12-19H,4,8-11H2,1-3H3,(H,34,35). The number of carbonyl (C=O) groups excluding carboxylic acids is 1. The van der Waals surface area contributed by atoms with E-state index < -0.39 is 21.7 Å². The zero-order chi connectivity index (χ0) is 28.4. The molecule has 1 fully saturated rings. The number of hydrogen-bond donors (Lipinski definition) is 1. The van der Waals surface area contributed by atoms with Crippen molar-refractivity contribution in [3.8, 4) is 16.9 Å². The third-order valence-corrected chi connectivity index (χ3v) is 8.50. The summed E-state index contributed by atoms with van der Waals surface area (Å²) in [6.07, 6.45) is 5.01. The highest BCUT2D eigenvalue weighted by Gasteiger charge is 2.28. The van der Waals surface area contributed by atoms with E-state index in [1.54, 1.807) is 24.4 Å². The van der Waals surface area contributed by atoms with Crippen LogP contribution in [0.25, 0.3) is 22.0 Å². The van der Waals surface area contributed by atoms with E-state index in [9.17, 15) is 13.2 Å². The first-order chi connectivity index (χ1) is 19.2. The second-order valence-electron chi connectivity index (χ2n) is 10.3. The Bertz CT molecular complexity index is 1650. The Labute approximate surface area is 232 Å². The fourth-order valence-corrected chi connectivity index (χ4v) is 5.96. The molecule has 5 rings (SSSR count). The highest BCUT2D eigenvalue weighted by Crippen LogP contribution is 2.38. The largest absolute Gasteiger partial charge is 0.490 e. The Kier molecular flexibility index (Phi) is 7.84. The van der Waals surface area contributed by atoms with Crippen molar-refractivity contribution in [3.63, 3.8) is 0 Å². The molecule has 0 bridgehead atoms. The van der Waals surface area contributed by atoms with Crippen molar-refractivity contribution < 1.29 is 26.9 Å². The number of sulfonamides is 1. The summed E-state index contributed by atoms with van der Waals surface area (Å²) in [5.41, 5.74) is 1.23. The lowest BCUT2D eigenvalue weighted by molar-refractivity contribution is -0.119. The molecular formula is C29H31FN4O5S. The number of carbonyl (C=O) groups is 1. The van der Waals surface area contributed by atoms with Crippen molar-refractivity contribution in [1.29, 1.82) is 0 Å². The summed E-state index contributed by atoms with van der Waals surface area (Å²) in [4.78, 5) is 20.3. The van der Waals surface area contributed by atoms with Crippen LogP contribution in [0.1, 0.15) is 76.4 Å². The summed E-state index contributed by atoms with van der Waals surface area (Å²) in [5.74, 6) is 1.09. The van der Waals surface area contributed by atoms with Crippen molar-refractivity contribution in [1.82, 2.24) is 19.8 Å². The van der Waals surface area contributed by atoms with Crippen LogP contribution in [0.15, 0.2) is 58.1 Å². The Morgan fingerprint density at radius 2 is 1.90 bits per heavy atom. The molecule has 2 aromatic carbocycles. The first-order valence-corrected chi connectivity index (χ1v) is 14.9. The predicted octanol–water partition coefficient (Wildman–Crippen LogP) is 5.87. The van der Waals surface area contributed by atoms with Crippen LogP contribution < -0.4 is 9.46 Å². The number of hydrogen-bond acceptors (Lipinski definition) is 8. The van der Waals surface area contributed by atoms with Crippen LogP contribution in [0.4, 0.5) is 4.39 Å². The number of para-hydroxylation sites is 1. The number of amides is 1. The van der Waals surface area contributed by atoms with Gasteiger partial charge >= 0.3 is 0 Å². The second-order valence-corrected chi connectivity index (χ2v) is 12.0. The molecule has 1 amide bonds. The Morgan fingerprint density at radius 3 is 2.58 bits per heavy atom. The molecule has 1 aliphatic rings. The van der Waals surface area contributed by atoms with Gasteiger partial charge < -0.3 is 9.26 Å². The molecule has 0 unspecified atom stereocenters. The number of nitrogens with zero attached hydrogens (tertiary/aromatic N) is 3. The zero-order valence-electron chi connectivity index (χ0n) is 22.6. The van der Waals surface area contributed by atoms with Gasteiger partial charge in [-0.2, -0.15) is 4.98 Å². The van der Waals surface area contributed by atoms with Gasteiger partial charge in [0, 0.05) is 41.0 Å². The second kappa shape index (κ2) is 11.3. The highest BCUT2D eigenvalue weighted by atomic mass is 32.2. The van der Waals surface area contributed by atoms with Crippen LogP contribution in [0.5, 0.6) is 5.75 Å². The average Bonchev–Trinajstić information content (AvgIpc) is 3.44. The molecule has 0 radical (unpaired) electrons. The van der Waals surface area contributed by atoms with E-state index in [0.717, 1.165) is 43.0 Å². The Balaban J connectivity index is 1.35. The summed E-state index contributed by atoms with van der Waals surface area (Å²) in [6.45, 7) is 5.60. The third-order valence-electron chi connectivity index (χ3n) is 7.13. The minimum absolute atomic E-state index is 0.00226. The van der Waals surface area contributed by atoms with Crippen molar-refractivity contribution in [2.75, 3.05) is 0 Å². The fraction of sp³-hybridized carbons (Fsp3) is 0.379. The molecular weight excluding hydrogens is 535 g/mol. The highest BCUT2D eigenvalue weighted by molar-refractivity contribution is 7.90. The van der Waals surface area contributed by atoms with Gasteiger partial charge in [-0.05, 0) is 56.0 Å². The number of halogens is 1. The van der Waals surface area contributed by atoms with Crippen LogP contribution in [0.2, 0.25) is 0 Å². The molecule has 1 saturated carbocycles. The van der Waals surface area contributed by atoms with E-state index in [2.05, 4.69) is 15.1 Å². The third kappa shape index (κ3) is 5.70. The van der Waals surface area contributed by atoms with Gasteiger partial charge in [-0.1, -0.05) is 38.1 Å². The fourth-order valence-electron chi connectivity index (χ4n) is 4.89. The van der Waals surface area contributed by atoms with Crippen molar-refractivity contribution in [2.24, 2.45) is 0 Å². The quantitative estimate of drug-likeness (QED) is 0.281. The number of nitrogens with one attached hydrogen (secondary N) is 1. The Morgan fingerprint density at radius 1 is 1.12 bits per heavy atom. The van der Waals surface area contributed by atoms with Gasteiger partial charge in [-0.15, -0.1) is 0 Å². The predicted molar refractivity (Wildman–Crippen MR) is 147 cm³/mol. The van der Waals surface area contributed by atoms with Gasteiger partial charge in [0.15, 0.2) is 5.82 Å². The van der Waals surface area contributed by atoms with E-state index >= 15 is 4.39 Å². The molecule has 1 aliphatic carbocycles. The molecule has 2 heterocycles. The number of benzene rings is 2. The lowest BCUT2D eigenvalue weighted by Gasteiger charge is -2.27. The first kappa shape index (κ1) is 27.7. The number of ether oxygens (including phenoxy) is 1. The monoisotopic (exact) mass is 566 g/mol. The maximum atomic E-state index is 15.3. The minimum Gasteiger partial charge on any atom is -0.490 e. The lowest BCUT2D eigenvalue weighted by atomic mass is 9.87. The van der Waals surface area contributed by atoms with E-state index in [-0.39, 0.29) is 34.8 Å². The summed E-state index contributed by atoms with van der Waals surface area (Å²) >= 11 is 0. The van der Waals surface area contributed by atoms with E-state index in [4.69, 9.17) is 9.26 Å². The van der Waals surface area contributed by atoms with Crippen molar-refractivity contribution in [3.05, 3.63) is 66.2 Å². The van der Waals surface area contributed by atoms with E-state index in [0.29, 0.717) is 22.7 Å². The number of fused-ring (bicyclic) bond motifs is 1. The molecule has 0 spiro atoms.